The first-order valence-corrected chi connectivity index (χ1v) is 6.76. The van der Waals surface area contributed by atoms with E-state index in [0.29, 0.717) is 6.04 Å². The standard InChI is InChI=1S/C13H19BrN2O/c1-10-8-16(6-5-15-10)9-11-3-4-13(17-2)12(14)7-11/h3-4,7,10,15H,5-6,8-9H2,1-2H3. The molecule has 1 fully saturated rings. The fraction of sp³-hybridized carbons (Fsp3) is 0.538. The molecule has 0 aliphatic carbocycles. The number of benzene rings is 1. The summed E-state index contributed by atoms with van der Waals surface area (Å²) in [7, 11) is 1.69. The molecule has 0 amide bonds. The monoisotopic (exact) mass is 298 g/mol. The number of hydrogen-bond acceptors (Lipinski definition) is 3. The van der Waals surface area contributed by atoms with Crippen molar-refractivity contribution in [3.8, 4) is 5.75 Å². The lowest BCUT2D eigenvalue weighted by Gasteiger charge is -2.31. The van der Waals surface area contributed by atoms with Gasteiger partial charge >= 0.3 is 0 Å². The van der Waals surface area contributed by atoms with Crippen molar-refractivity contribution in [2.75, 3.05) is 26.7 Å². The first kappa shape index (κ1) is 12.9. The smallest absolute Gasteiger partial charge is 0.133 e. The van der Waals surface area contributed by atoms with E-state index in [1.807, 2.05) is 6.07 Å². The number of methoxy groups -OCH3 is 1. The van der Waals surface area contributed by atoms with Crippen LogP contribution in [0.3, 0.4) is 0 Å². The molecule has 1 N–H and O–H groups in total. The van der Waals surface area contributed by atoms with Gasteiger partial charge in [0.15, 0.2) is 0 Å². The predicted octanol–water partition coefficient (Wildman–Crippen LogP) is 2.25. The molecular formula is C13H19BrN2O. The number of halogens is 1. The molecule has 1 unspecified atom stereocenters. The molecule has 94 valence electrons. The molecule has 1 aromatic carbocycles. The highest BCUT2D eigenvalue weighted by atomic mass is 79.9. The Bertz CT molecular complexity index is 384. The van der Waals surface area contributed by atoms with E-state index in [4.69, 9.17) is 4.74 Å². The topological polar surface area (TPSA) is 24.5 Å². The van der Waals surface area contributed by atoms with Gasteiger partial charge < -0.3 is 10.1 Å². The summed E-state index contributed by atoms with van der Waals surface area (Å²) in [5.74, 6) is 0.891. The molecule has 0 radical (unpaired) electrons. The zero-order valence-corrected chi connectivity index (χ0v) is 12.0. The van der Waals surface area contributed by atoms with Gasteiger partial charge in [0.2, 0.25) is 0 Å². The lowest BCUT2D eigenvalue weighted by atomic mass is 10.1. The second-order valence-electron chi connectivity index (χ2n) is 4.56. The third kappa shape index (κ3) is 3.44. The molecule has 1 saturated heterocycles. The maximum absolute atomic E-state index is 5.24. The average molecular weight is 299 g/mol. The molecule has 3 nitrogen and oxygen atoms in total. The van der Waals surface area contributed by atoms with Gasteiger partial charge in [-0.1, -0.05) is 6.07 Å². The fourth-order valence-electron chi connectivity index (χ4n) is 2.22. The van der Waals surface area contributed by atoms with Crippen molar-refractivity contribution >= 4 is 15.9 Å². The third-order valence-electron chi connectivity index (χ3n) is 3.08. The van der Waals surface area contributed by atoms with Crippen LogP contribution in [-0.4, -0.2) is 37.7 Å². The van der Waals surface area contributed by atoms with E-state index in [1.165, 1.54) is 5.56 Å². The van der Waals surface area contributed by atoms with Crippen LogP contribution in [-0.2, 0) is 6.54 Å². The highest BCUT2D eigenvalue weighted by Crippen LogP contribution is 2.26. The van der Waals surface area contributed by atoms with Crippen LogP contribution < -0.4 is 10.1 Å². The summed E-state index contributed by atoms with van der Waals surface area (Å²) in [5, 5.41) is 3.46. The van der Waals surface area contributed by atoms with Crippen molar-refractivity contribution in [2.45, 2.75) is 19.5 Å². The van der Waals surface area contributed by atoms with Crippen molar-refractivity contribution in [1.82, 2.24) is 10.2 Å². The van der Waals surface area contributed by atoms with E-state index in [2.05, 4.69) is 45.2 Å². The lowest BCUT2D eigenvalue weighted by Crippen LogP contribution is -2.48. The molecule has 1 aliphatic rings. The van der Waals surface area contributed by atoms with E-state index in [0.717, 1.165) is 36.4 Å². The first-order valence-electron chi connectivity index (χ1n) is 5.97. The minimum atomic E-state index is 0.588. The summed E-state index contributed by atoms with van der Waals surface area (Å²) in [6, 6.07) is 6.89. The maximum atomic E-state index is 5.24. The van der Waals surface area contributed by atoms with Crippen molar-refractivity contribution < 1.29 is 4.74 Å². The van der Waals surface area contributed by atoms with Gasteiger partial charge in [-0.05, 0) is 40.5 Å². The number of nitrogens with zero attached hydrogens (tertiary/aromatic N) is 1. The molecule has 1 aliphatic heterocycles. The van der Waals surface area contributed by atoms with E-state index in [-0.39, 0.29) is 0 Å². The van der Waals surface area contributed by atoms with Gasteiger partial charge in [0.25, 0.3) is 0 Å². The molecule has 1 heterocycles. The van der Waals surface area contributed by atoms with Crippen LogP contribution in [0.15, 0.2) is 22.7 Å². The van der Waals surface area contributed by atoms with Crippen molar-refractivity contribution in [1.29, 1.82) is 0 Å². The van der Waals surface area contributed by atoms with Gasteiger partial charge in [-0.3, -0.25) is 4.90 Å². The molecule has 0 saturated carbocycles. The Morgan fingerprint density at radius 2 is 2.35 bits per heavy atom. The lowest BCUT2D eigenvalue weighted by molar-refractivity contribution is 0.199. The van der Waals surface area contributed by atoms with E-state index >= 15 is 0 Å². The molecule has 2 rings (SSSR count). The molecule has 1 aromatic rings. The molecule has 1 atom stereocenters. The van der Waals surface area contributed by atoms with Gasteiger partial charge in [0.1, 0.15) is 5.75 Å². The second kappa shape index (κ2) is 5.85. The Kier molecular flexibility index (Phi) is 4.42. The van der Waals surface area contributed by atoms with Crippen LogP contribution in [0, 0.1) is 0 Å². The Hall–Kier alpha value is -0.580. The molecule has 0 spiro atoms. The average Bonchev–Trinajstić information content (AvgIpc) is 2.29. The predicted molar refractivity (Wildman–Crippen MR) is 73.4 cm³/mol. The molecule has 17 heavy (non-hydrogen) atoms. The van der Waals surface area contributed by atoms with Crippen LogP contribution in [0.5, 0.6) is 5.75 Å². The van der Waals surface area contributed by atoms with Crippen LogP contribution >= 0.6 is 15.9 Å². The molecular weight excluding hydrogens is 280 g/mol. The highest BCUT2D eigenvalue weighted by Gasteiger charge is 2.15. The number of hydrogen-bond donors (Lipinski definition) is 1. The molecule has 4 heteroatoms. The Balaban J connectivity index is 2.00. The summed E-state index contributed by atoms with van der Waals surface area (Å²) in [5.41, 5.74) is 1.33. The number of nitrogens with one attached hydrogen (secondary N) is 1. The number of piperazine rings is 1. The minimum Gasteiger partial charge on any atom is -0.496 e. The Morgan fingerprint density at radius 1 is 1.53 bits per heavy atom. The Morgan fingerprint density at radius 3 is 3.00 bits per heavy atom. The number of ether oxygens (including phenoxy) is 1. The van der Waals surface area contributed by atoms with Gasteiger partial charge in [0.05, 0.1) is 11.6 Å². The second-order valence-corrected chi connectivity index (χ2v) is 5.41. The van der Waals surface area contributed by atoms with Crippen LogP contribution in [0.25, 0.3) is 0 Å². The van der Waals surface area contributed by atoms with Gasteiger partial charge in [0, 0.05) is 32.2 Å². The Labute approximate surface area is 111 Å². The van der Waals surface area contributed by atoms with Crippen molar-refractivity contribution in [3.63, 3.8) is 0 Å². The third-order valence-corrected chi connectivity index (χ3v) is 3.69. The van der Waals surface area contributed by atoms with Crippen LogP contribution in [0.1, 0.15) is 12.5 Å². The van der Waals surface area contributed by atoms with Crippen LogP contribution in [0.2, 0.25) is 0 Å². The van der Waals surface area contributed by atoms with E-state index in [1.54, 1.807) is 7.11 Å². The first-order chi connectivity index (χ1) is 8.19. The van der Waals surface area contributed by atoms with Gasteiger partial charge in [-0.25, -0.2) is 0 Å². The maximum Gasteiger partial charge on any atom is 0.133 e. The zero-order chi connectivity index (χ0) is 12.3. The zero-order valence-electron chi connectivity index (χ0n) is 10.4. The quantitative estimate of drug-likeness (QED) is 0.926. The molecule has 0 aromatic heterocycles. The van der Waals surface area contributed by atoms with Gasteiger partial charge in [-0.15, -0.1) is 0 Å². The van der Waals surface area contributed by atoms with Crippen molar-refractivity contribution in [3.05, 3.63) is 28.2 Å². The fourth-order valence-corrected chi connectivity index (χ4v) is 2.81. The highest BCUT2D eigenvalue weighted by molar-refractivity contribution is 9.10. The SMILES string of the molecule is COc1ccc(CN2CCNC(C)C2)cc1Br. The summed E-state index contributed by atoms with van der Waals surface area (Å²) >= 11 is 3.53. The largest absolute Gasteiger partial charge is 0.496 e. The van der Waals surface area contributed by atoms with Crippen molar-refractivity contribution in [2.24, 2.45) is 0 Å². The normalized spacial score (nSPS) is 21.5. The summed E-state index contributed by atoms with van der Waals surface area (Å²) in [6.07, 6.45) is 0. The van der Waals surface area contributed by atoms with Crippen LogP contribution in [0.4, 0.5) is 0 Å². The minimum absolute atomic E-state index is 0.588. The van der Waals surface area contributed by atoms with E-state index < -0.39 is 0 Å². The number of rotatable bonds is 3. The van der Waals surface area contributed by atoms with Gasteiger partial charge in [-0.2, -0.15) is 0 Å². The van der Waals surface area contributed by atoms with E-state index in [9.17, 15) is 0 Å². The summed E-state index contributed by atoms with van der Waals surface area (Å²) in [4.78, 5) is 2.48. The summed E-state index contributed by atoms with van der Waals surface area (Å²) in [6.45, 7) is 6.56. The molecule has 0 bridgehead atoms. The summed E-state index contributed by atoms with van der Waals surface area (Å²) < 4.78 is 6.26.